The van der Waals surface area contributed by atoms with Gasteiger partial charge in [0.1, 0.15) is 0 Å². The zero-order chi connectivity index (χ0) is 25.0. The van der Waals surface area contributed by atoms with Gasteiger partial charge in [-0.15, -0.1) is 0 Å². The fraction of sp³-hybridized carbons (Fsp3) is 0.400. The quantitative estimate of drug-likeness (QED) is 0.232. The summed E-state index contributed by atoms with van der Waals surface area (Å²) in [5, 5.41) is 2.39. The molecule has 1 heterocycles. The van der Waals surface area contributed by atoms with Crippen LogP contribution < -0.4 is 10.6 Å². The molecular weight excluding hydrogens is 434 g/mol. The van der Waals surface area contributed by atoms with Crippen LogP contribution in [-0.4, -0.2) is 6.54 Å². The molecule has 0 amide bonds. The van der Waals surface area contributed by atoms with Crippen molar-refractivity contribution in [3.8, 4) is 22.3 Å². The molecule has 3 aromatic carbocycles. The molecule has 3 aromatic rings. The third-order valence-electron chi connectivity index (χ3n) is 8.51. The summed E-state index contributed by atoms with van der Waals surface area (Å²) in [4.78, 5) is 4.89. The zero-order valence-electron chi connectivity index (χ0n) is 22.3. The van der Waals surface area contributed by atoms with Crippen LogP contribution >= 0.6 is 0 Å². The van der Waals surface area contributed by atoms with Gasteiger partial charge in [0.25, 0.3) is 0 Å². The molecule has 1 aliphatic carbocycles. The van der Waals surface area contributed by atoms with Crippen molar-refractivity contribution >= 4 is 12.2 Å². The average molecular weight is 476 g/mol. The summed E-state index contributed by atoms with van der Waals surface area (Å²) in [7, 11) is 0. The fourth-order valence-corrected chi connectivity index (χ4v) is 6.64. The summed E-state index contributed by atoms with van der Waals surface area (Å²) in [6.07, 6.45) is 17.2. The molecule has 0 bridgehead atoms. The molecule has 0 atom stereocenters. The van der Waals surface area contributed by atoms with Gasteiger partial charge in [0.15, 0.2) is 0 Å². The Morgan fingerprint density at radius 3 is 2.19 bits per heavy atom. The smallest absolute Gasteiger partial charge is 0.0732 e. The van der Waals surface area contributed by atoms with E-state index in [1.54, 1.807) is 11.1 Å². The Balaban J connectivity index is 1.63. The zero-order valence-corrected chi connectivity index (χ0v) is 22.3. The van der Waals surface area contributed by atoms with E-state index in [0.717, 1.165) is 11.9 Å². The normalized spacial score (nSPS) is 14.5. The van der Waals surface area contributed by atoms with Crippen LogP contribution in [0.2, 0.25) is 0 Å². The van der Waals surface area contributed by atoms with Crippen LogP contribution in [0.1, 0.15) is 94.7 Å². The third-order valence-corrected chi connectivity index (χ3v) is 8.51. The second-order valence-corrected chi connectivity index (χ2v) is 10.7. The molecule has 0 radical (unpaired) electrons. The van der Waals surface area contributed by atoms with Crippen LogP contribution in [-0.2, 0) is 5.41 Å². The number of benzene rings is 3. The first-order valence-corrected chi connectivity index (χ1v) is 14.3. The van der Waals surface area contributed by atoms with E-state index in [1.165, 1.54) is 97.2 Å². The fourth-order valence-electron chi connectivity index (χ4n) is 6.64. The molecule has 186 valence electrons. The maximum absolute atomic E-state index is 4.89. The van der Waals surface area contributed by atoms with Gasteiger partial charge in [-0.3, -0.25) is 4.99 Å². The van der Waals surface area contributed by atoms with Gasteiger partial charge in [0.05, 0.1) is 11.9 Å². The average Bonchev–Trinajstić information content (AvgIpc) is 3.51. The number of fused-ring (bicyclic) bond motifs is 4. The summed E-state index contributed by atoms with van der Waals surface area (Å²) < 4.78 is 0. The Bertz CT molecular complexity index is 1350. The van der Waals surface area contributed by atoms with Crippen LogP contribution in [0.25, 0.3) is 34.4 Å². The SMILES string of the molecule is C=Cc1ccc(-c2ccc3c(c2)C(CCCCCC)(CCCCCC)c2ccccc2-3)c2c1=CCN=2. The van der Waals surface area contributed by atoms with Crippen molar-refractivity contribution in [2.45, 2.75) is 83.5 Å². The molecule has 1 aliphatic heterocycles. The minimum Gasteiger partial charge on any atom is -0.280 e. The molecule has 1 heteroatoms. The van der Waals surface area contributed by atoms with E-state index in [2.05, 4.69) is 81.1 Å². The van der Waals surface area contributed by atoms with Crippen molar-refractivity contribution < 1.29 is 0 Å². The topological polar surface area (TPSA) is 12.4 Å². The summed E-state index contributed by atoms with van der Waals surface area (Å²) in [5.41, 5.74) is 9.89. The number of rotatable bonds is 12. The molecule has 0 fully saturated rings. The van der Waals surface area contributed by atoms with Gasteiger partial charge >= 0.3 is 0 Å². The number of nitrogens with zero attached hydrogens (tertiary/aromatic N) is 1. The molecule has 0 aromatic heterocycles. The highest BCUT2D eigenvalue weighted by Crippen LogP contribution is 2.54. The Labute approximate surface area is 217 Å². The van der Waals surface area contributed by atoms with Gasteiger partial charge in [-0.25, -0.2) is 0 Å². The molecule has 1 nitrogen and oxygen atoms in total. The number of hydrogen-bond acceptors (Lipinski definition) is 1. The van der Waals surface area contributed by atoms with Gasteiger partial charge in [0.2, 0.25) is 0 Å². The third kappa shape index (κ3) is 4.38. The molecule has 0 saturated heterocycles. The number of unbranched alkanes of at least 4 members (excludes halogenated alkanes) is 6. The lowest BCUT2D eigenvalue weighted by Gasteiger charge is -2.33. The first-order valence-electron chi connectivity index (χ1n) is 14.3. The van der Waals surface area contributed by atoms with Gasteiger partial charge in [-0.1, -0.05) is 132 Å². The van der Waals surface area contributed by atoms with Crippen LogP contribution in [0, 0.1) is 0 Å². The minimum absolute atomic E-state index is 0.122. The maximum atomic E-state index is 4.89. The lowest BCUT2D eigenvalue weighted by atomic mass is 9.70. The first kappa shape index (κ1) is 24.8. The highest BCUT2D eigenvalue weighted by Gasteiger charge is 2.42. The van der Waals surface area contributed by atoms with Crippen molar-refractivity contribution in [3.63, 3.8) is 0 Å². The van der Waals surface area contributed by atoms with E-state index in [1.807, 2.05) is 6.08 Å². The molecule has 0 N–H and O–H groups in total. The summed E-state index contributed by atoms with van der Waals surface area (Å²) in [6, 6.07) is 21.0. The predicted molar refractivity (Wildman–Crippen MR) is 156 cm³/mol. The molecule has 0 unspecified atom stereocenters. The Hall–Kier alpha value is -2.93. The van der Waals surface area contributed by atoms with Crippen molar-refractivity contribution in [2.24, 2.45) is 4.99 Å². The molecule has 2 aliphatic rings. The second-order valence-electron chi connectivity index (χ2n) is 10.7. The summed E-state index contributed by atoms with van der Waals surface area (Å²) in [5.74, 6) is 0. The maximum Gasteiger partial charge on any atom is 0.0732 e. The molecule has 0 saturated carbocycles. The lowest BCUT2D eigenvalue weighted by molar-refractivity contribution is 0.401. The molecular formula is C35H41N. The van der Waals surface area contributed by atoms with Crippen LogP contribution in [0.4, 0.5) is 0 Å². The molecule has 36 heavy (non-hydrogen) atoms. The van der Waals surface area contributed by atoms with E-state index < -0.39 is 0 Å². The van der Waals surface area contributed by atoms with Crippen molar-refractivity contribution in [1.29, 1.82) is 0 Å². The minimum atomic E-state index is 0.122. The highest BCUT2D eigenvalue weighted by atomic mass is 14.7. The van der Waals surface area contributed by atoms with Gasteiger partial charge in [-0.05, 0) is 52.3 Å². The molecule has 5 rings (SSSR count). The van der Waals surface area contributed by atoms with Gasteiger partial charge < -0.3 is 0 Å². The van der Waals surface area contributed by atoms with E-state index in [0.29, 0.717) is 0 Å². The van der Waals surface area contributed by atoms with Crippen LogP contribution in [0.3, 0.4) is 0 Å². The van der Waals surface area contributed by atoms with E-state index in [9.17, 15) is 0 Å². The van der Waals surface area contributed by atoms with Crippen LogP contribution in [0.5, 0.6) is 0 Å². The number of hydrogen-bond donors (Lipinski definition) is 0. The first-order chi connectivity index (χ1) is 17.7. The standard InChI is InChI=1S/C35H41N/c1-4-7-9-13-22-35(23-14-10-8-5-2)32-16-12-11-15-30(32)31-20-18-27(25-33(31)35)28-19-17-26(6-3)29-21-24-36-34(28)29/h6,11-12,15-21,25H,3-5,7-10,13-14,22-24H2,1-2H3. The van der Waals surface area contributed by atoms with Crippen molar-refractivity contribution in [1.82, 2.24) is 0 Å². The Morgan fingerprint density at radius 2 is 1.47 bits per heavy atom. The second kappa shape index (κ2) is 11.0. The van der Waals surface area contributed by atoms with Gasteiger partial charge in [-0.2, -0.15) is 0 Å². The summed E-state index contributed by atoms with van der Waals surface area (Å²) >= 11 is 0. The lowest BCUT2D eigenvalue weighted by Crippen LogP contribution is -2.27. The highest BCUT2D eigenvalue weighted by molar-refractivity contribution is 5.84. The Kier molecular flexibility index (Phi) is 7.56. The monoisotopic (exact) mass is 475 g/mol. The Morgan fingerprint density at radius 1 is 0.778 bits per heavy atom. The van der Waals surface area contributed by atoms with Crippen molar-refractivity contribution in [2.75, 3.05) is 6.54 Å². The largest absolute Gasteiger partial charge is 0.280 e. The van der Waals surface area contributed by atoms with E-state index >= 15 is 0 Å². The van der Waals surface area contributed by atoms with Crippen molar-refractivity contribution in [3.05, 3.63) is 88.4 Å². The molecule has 0 spiro atoms. The van der Waals surface area contributed by atoms with Crippen LogP contribution in [0.15, 0.2) is 66.2 Å². The van der Waals surface area contributed by atoms with E-state index in [-0.39, 0.29) is 5.41 Å². The van der Waals surface area contributed by atoms with E-state index in [4.69, 9.17) is 4.99 Å². The summed E-state index contributed by atoms with van der Waals surface area (Å²) in [6.45, 7) is 9.41. The predicted octanol–water partition coefficient (Wildman–Crippen LogP) is 8.62. The van der Waals surface area contributed by atoms with Gasteiger partial charge in [0, 0.05) is 16.2 Å².